The summed E-state index contributed by atoms with van der Waals surface area (Å²) in [6, 6.07) is 12.0. The van der Waals surface area contributed by atoms with Gasteiger partial charge in [0.2, 0.25) is 10.0 Å². The highest BCUT2D eigenvalue weighted by atomic mass is 32.2. The van der Waals surface area contributed by atoms with Gasteiger partial charge in [-0.15, -0.1) is 12.3 Å². The van der Waals surface area contributed by atoms with E-state index in [1.54, 1.807) is 24.3 Å². The lowest BCUT2D eigenvalue weighted by Crippen LogP contribution is -2.29. The first kappa shape index (κ1) is 17.7. The Morgan fingerprint density at radius 3 is 2.46 bits per heavy atom. The van der Waals surface area contributed by atoms with Gasteiger partial charge in [-0.2, -0.15) is 0 Å². The fourth-order valence-electron chi connectivity index (χ4n) is 2.33. The molecule has 0 aliphatic carbocycles. The van der Waals surface area contributed by atoms with Crippen LogP contribution in [-0.2, 0) is 10.0 Å². The van der Waals surface area contributed by atoms with Crippen LogP contribution in [0.1, 0.15) is 23.6 Å². The van der Waals surface area contributed by atoms with E-state index in [9.17, 15) is 18.5 Å². The Balaban J connectivity index is 2.36. The fourth-order valence-corrected chi connectivity index (χ4v) is 3.78. The lowest BCUT2D eigenvalue weighted by atomic mass is 10.1. The zero-order valence-corrected chi connectivity index (χ0v) is 13.8. The molecule has 2 aromatic rings. The maximum absolute atomic E-state index is 12.6. The second-order valence-electron chi connectivity index (χ2n) is 5.20. The van der Waals surface area contributed by atoms with E-state index in [-0.39, 0.29) is 17.0 Å². The molecule has 0 fully saturated rings. The van der Waals surface area contributed by atoms with Gasteiger partial charge in [-0.05, 0) is 24.1 Å². The summed E-state index contributed by atoms with van der Waals surface area (Å²) in [5.41, 5.74) is 0.887. The average molecular weight is 344 g/mol. The van der Waals surface area contributed by atoms with Crippen molar-refractivity contribution in [2.45, 2.75) is 24.3 Å². The third kappa shape index (κ3) is 3.98. The van der Waals surface area contributed by atoms with Crippen LogP contribution in [-0.4, -0.2) is 13.3 Å². The number of non-ortho nitro benzene ring substituents is 1. The van der Waals surface area contributed by atoms with Crippen LogP contribution in [0, 0.1) is 29.4 Å². The lowest BCUT2D eigenvalue weighted by molar-refractivity contribution is -0.385. The largest absolute Gasteiger partial charge is 0.269 e. The van der Waals surface area contributed by atoms with Crippen molar-refractivity contribution in [2.24, 2.45) is 0 Å². The van der Waals surface area contributed by atoms with Crippen LogP contribution < -0.4 is 4.72 Å². The summed E-state index contributed by atoms with van der Waals surface area (Å²) >= 11 is 0. The summed E-state index contributed by atoms with van der Waals surface area (Å²) < 4.78 is 27.9. The van der Waals surface area contributed by atoms with Crippen LogP contribution in [0.2, 0.25) is 0 Å². The monoisotopic (exact) mass is 344 g/mol. The van der Waals surface area contributed by atoms with E-state index in [1.165, 1.54) is 25.1 Å². The van der Waals surface area contributed by atoms with Crippen molar-refractivity contribution in [2.75, 3.05) is 0 Å². The molecule has 0 heterocycles. The van der Waals surface area contributed by atoms with Gasteiger partial charge in [0, 0.05) is 18.6 Å². The Morgan fingerprint density at radius 1 is 1.25 bits per heavy atom. The molecular formula is C17H16N2O4S. The number of rotatable bonds is 6. The number of hydrogen-bond donors (Lipinski definition) is 1. The highest BCUT2D eigenvalue weighted by Crippen LogP contribution is 2.24. The van der Waals surface area contributed by atoms with Crippen LogP contribution in [0.15, 0.2) is 53.4 Å². The molecule has 124 valence electrons. The molecule has 1 N–H and O–H groups in total. The summed E-state index contributed by atoms with van der Waals surface area (Å²) in [5.74, 6) is 2.46. The third-order valence-corrected chi connectivity index (χ3v) is 5.11. The predicted molar refractivity (Wildman–Crippen MR) is 90.8 cm³/mol. The minimum absolute atomic E-state index is 0.00828. The molecule has 0 aromatic heterocycles. The van der Waals surface area contributed by atoms with Crippen LogP contribution in [0.25, 0.3) is 0 Å². The van der Waals surface area contributed by atoms with E-state index in [4.69, 9.17) is 6.42 Å². The van der Waals surface area contributed by atoms with E-state index in [0.29, 0.717) is 5.56 Å². The minimum atomic E-state index is -3.87. The second kappa shape index (κ2) is 7.25. The van der Waals surface area contributed by atoms with Crippen LogP contribution in [0.4, 0.5) is 5.69 Å². The minimum Gasteiger partial charge on any atom is -0.258 e. The van der Waals surface area contributed by atoms with Crippen LogP contribution >= 0.6 is 0 Å². The normalized spacial score (nSPS) is 12.3. The topological polar surface area (TPSA) is 89.3 Å². The third-order valence-electron chi connectivity index (χ3n) is 3.48. The first-order valence-corrected chi connectivity index (χ1v) is 8.59. The van der Waals surface area contributed by atoms with Gasteiger partial charge in [0.25, 0.3) is 5.69 Å². The number of benzene rings is 2. The van der Waals surface area contributed by atoms with Crippen molar-refractivity contribution in [1.29, 1.82) is 0 Å². The Hall–Kier alpha value is -2.69. The molecule has 24 heavy (non-hydrogen) atoms. The van der Waals surface area contributed by atoms with Crippen molar-refractivity contribution in [3.8, 4) is 12.3 Å². The van der Waals surface area contributed by atoms with Gasteiger partial charge < -0.3 is 0 Å². The van der Waals surface area contributed by atoms with Gasteiger partial charge >= 0.3 is 0 Å². The maximum atomic E-state index is 12.6. The van der Waals surface area contributed by atoms with Gasteiger partial charge in [-0.3, -0.25) is 10.1 Å². The molecule has 0 aliphatic heterocycles. The van der Waals surface area contributed by atoms with Gasteiger partial charge in [0.15, 0.2) is 0 Å². The van der Waals surface area contributed by atoms with E-state index < -0.39 is 21.0 Å². The van der Waals surface area contributed by atoms with Crippen LogP contribution in [0.5, 0.6) is 0 Å². The molecule has 0 spiro atoms. The molecule has 1 atom stereocenters. The first-order chi connectivity index (χ1) is 11.3. The van der Waals surface area contributed by atoms with Gasteiger partial charge in [0.05, 0.1) is 15.9 Å². The van der Waals surface area contributed by atoms with Crippen molar-refractivity contribution < 1.29 is 13.3 Å². The Bertz CT molecular complexity index is 887. The highest BCUT2D eigenvalue weighted by molar-refractivity contribution is 7.89. The molecule has 7 heteroatoms. The number of terminal acetylenes is 1. The Labute approximate surface area is 140 Å². The first-order valence-electron chi connectivity index (χ1n) is 7.11. The Morgan fingerprint density at radius 2 is 1.92 bits per heavy atom. The zero-order valence-electron chi connectivity index (χ0n) is 13.0. The quantitative estimate of drug-likeness (QED) is 0.496. The van der Waals surface area contributed by atoms with E-state index in [1.807, 2.05) is 6.07 Å². The molecule has 0 saturated carbocycles. The number of hydrogen-bond acceptors (Lipinski definition) is 4. The van der Waals surface area contributed by atoms with Gasteiger partial charge in [-0.25, -0.2) is 13.1 Å². The van der Waals surface area contributed by atoms with E-state index in [2.05, 4.69) is 10.6 Å². The van der Waals surface area contributed by atoms with Crippen molar-refractivity contribution in [1.82, 2.24) is 4.72 Å². The number of nitrogens with zero attached hydrogens (tertiary/aromatic N) is 1. The maximum Gasteiger partial charge on any atom is 0.269 e. The smallest absolute Gasteiger partial charge is 0.258 e. The molecule has 2 rings (SSSR count). The standard InChI is InChI=1S/C17H16N2O4S/c1-3-7-16(14-8-5-4-6-9-14)18-24(22,23)17-11-10-15(19(20)21)12-13(17)2/h1,4-6,8-12,16,18H,7H2,2H3/t16-/m0/s1. The summed E-state index contributed by atoms with van der Waals surface area (Å²) in [4.78, 5) is 10.2. The fraction of sp³-hybridized carbons (Fsp3) is 0.176. The second-order valence-corrected chi connectivity index (χ2v) is 6.88. The summed E-state index contributed by atoms with van der Waals surface area (Å²) in [6.45, 7) is 1.51. The summed E-state index contributed by atoms with van der Waals surface area (Å²) in [7, 11) is -3.87. The average Bonchev–Trinajstić information content (AvgIpc) is 2.54. The molecule has 0 unspecified atom stereocenters. The molecule has 0 aliphatic rings. The number of aryl methyl sites for hydroxylation is 1. The van der Waals surface area contributed by atoms with Crippen molar-refractivity contribution in [3.63, 3.8) is 0 Å². The lowest BCUT2D eigenvalue weighted by Gasteiger charge is -2.18. The molecule has 2 aromatic carbocycles. The SMILES string of the molecule is C#CC[C@H](NS(=O)(=O)c1ccc([N+](=O)[O-])cc1C)c1ccccc1. The summed E-state index contributed by atoms with van der Waals surface area (Å²) in [5, 5.41) is 10.8. The molecule has 0 saturated heterocycles. The van der Waals surface area contributed by atoms with Gasteiger partial charge in [0.1, 0.15) is 0 Å². The molecule has 0 amide bonds. The van der Waals surface area contributed by atoms with Crippen LogP contribution in [0.3, 0.4) is 0 Å². The number of sulfonamides is 1. The van der Waals surface area contributed by atoms with Crippen molar-refractivity contribution in [3.05, 3.63) is 69.8 Å². The van der Waals surface area contributed by atoms with Crippen molar-refractivity contribution >= 4 is 15.7 Å². The van der Waals surface area contributed by atoms with Gasteiger partial charge in [-0.1, -0.05) is 30.3 Å². The number of nitro benzene ring substituents is 1. The predicted octanol–water partition coefficient (Wildman–Crippen LogP) is 2.95. The molecular weight excluding hydrogens is 328 g/mol. The van der Waals surface area contributed by atoms with E-state index >= 15 is 0 Å². The molecule has 0 bridgehead atoms. The molecule has 0 radical (unpaired) electrons. The Kier molecular flexibility index (Phi) is 5.34. The zero-order chi connectivity index (χ0) is 17.7. The number of nitro groups is 1. The highest BCUT2D eigenvalue weighted by Gasteiger charge is 2.23. The summed E-state index contributed by atoms with van der Waals surface area (Å²) in [6.07, 6.45) is 5.54. The molecule has 6 nitrogen and oxygen atoms in total. The van der Waals surface area contributed by atoms with E-state index in [0.717, 1.165) is 5.56 Å². The number of nitrogens with one attached hydrogen (secondary N) is 1.